The molecule has 2 aromatic carbocycles. The van der Waals surface area contributed by atoms with E-state index in [2.05, 4.69) is 12.1 Å². The van der Waals surface area contributed by atoms with E-state index >= 15 is 0 Å². The second-order valence-corrected chi connectivity index (χ2v) is 5.47. The largest absolute Gasteiger partial charge is 0.497 e. The van der Waals surface area contributed by atoms with Gasteiger partial charge in [0.25, 0.3) is 0 Å². The minimum absolute atomic E-state index is 0.135. The maximum absolute atomic E-state index is 6.18. The van der Waals surface area contributed by atoms with Gasteiger partial charge in [0.15, 0.2) is 0 Å². The minimum Gasteiger partial charge on any atom is -0.497 e. The third kappa shape index (κ3) is 3.19. The molecule has 3 heteroatoms. The lowest BCUT2D eigenvalue weighted by atomic mass is 10.1. The molecule has 0 heterocycles. The summed E-state index contributed by atoms with van der Waals surface area (Å²) in [5.74, 6) is 1.75. The predicted octanol–water partition coefficient (Wildman–Crippen LogP) is 3.26. The molecule has 0 saturated heterocycles. The average molecular weight is 283 g/mol. The number of hydrogen-bond acceptors (Lipinski definition) is 3. The van der Waals surface area contributed by atoms with Crippen molar-refractivity contribution in [3.63, 3.8) is 0 Å². The number of ether oxygens (including phenoxy) is 2. The van der Waals surface area contributed by atoms with E-state index < -0.39 is 0 Å². The molecule has 3 nitrogen and oxygen atoms in total. The fraction of sp³-hybridized carbons (Fsp3) is 0.333. The summed E-state index contributed by atoms with van der Waals surface area (Å²) in [6.07, 6.45) is 3.61. The van der Waals surface area contributed by atoms with E-state index in [0.29, 0.717) is 6.61 Å². The molecule has 3 rings (SSSR count). The number of fused-ring (bicyclic) bond motifs is 1. The zero-order valence-electron chi connectivity index (χ0n) is 12.3. The van der Waals surface area contributed by atoms with Crippen LogP contribution in [-0.4, -0.2) is 13.7 Å². The Balaban J connectivity index is 1.61. The van der Waals surface area contributed by atoms with Gasteiger partial charge in [-0.1, -0.05) is 18.2 Å². The molecule has 0 bridgehead atoms. The topological polar surface area (TPSA) is 44.5 Å². The molecule has 0 radical (unpaired) electrons. The highest BCUT2D eigenvalue weighted by molar-refractivity contribution is 5.38. The lowest BCUT2D eigenvalue weighted by Crippen LogP contribution is -2.19. The number of benzene rings is 2. The fourth-order valence-electron chi connectivity index (χ4n) is 2.77. The second-order valence-electron chi connectivity index (χ2n) is 5.47. The van der Waals surface area contributed by atoms with Crippen LogP contribution in [-0.2, 0) is 12.8 Å². The first-order valence-electron chi connectivity index (χ1n) is 7.40. The first-order valence-corrected chi connectivity index (χ1v) is 7.40. The fourth-order valence-corrected chi connectivity index (χ4v) is 2.77. The Labute approximate surface area is 125 Å². The monoisotopic (exact) mass is 283 g/mol. The molecule has 1 atom stereocenters. The molecule has 0 spiro atoms. The van der Waals surface area contributed by atoms with Gasteiger partial charge in [0.1, 0.15) is 18.1 Å². The molecule has 2 aromatic rings. The third-order valence-corrected chi connectivity index (χ3v) is 4.04. The lowest BCUT2D eigenvalue weighted by molar-refractivity contribution is 0.290. The summed E-state index contributed by atoms with van der Waals surface area (Å²) in [4.78, 5) is 0. The van der Waals surface area contributed by atoms with Gasteiger partial charge < -0.3 is 15.2 Å². The van der Waals surface area contributed by atoms with Crippen LogP contribution in [0, 0.1) is 0 Å². The molecule has 1 aliphatic carbocycles. The normalized spacial score (nSPS) is 14.6. The second kappa shape index (κ2) is 6.19. The van der Waals surface area contributed by atoms with Crippen LogP contribution in [0.1, 0.15) is 29.2 Å². The Hall–Kier alpha value is -2.00. The van der Waals surface area contributed by atoms with Crippen molar-refractivity contribution < 1.29 is 9.47 Å². The van der Waals surface area contributed by atoms with E-state index in [-0.39, 0.29) is 6.04 Å². The first kappa shape index (κ1) is 14.0. The van der Waals surface area contributed by atoms with Crippen LogP contribution in [0.4, 0.5) is 0 Å². The van der Waals surface area contributed by atoms with Gasteiger partial charge in [-0.2, -0.15) is 0 Å². The zero-order chi connectivity index (χ0) is 14.7. The number of methoxy groups -OCH3 is 1. The van der Waals surface area contributed by atoms with Crippen LogP contribution < -0.4 is 15.2 Å². The van der Waals surface area contributed by atoms with E-state index in [1.807, 2.05) is 30.3 Å². The van der Waals surface area contributed by atoms with Crippen molar-refractivity contribution in [3.05, 3.63) is 59.2 Å². The maximum atomic E-state index is 6.18. The van der Waals surface area contributed by atoms with E-state index in [1.165, 1.54) is 24.0 Å². The van der Waals surface area contributed by atoms with E-state index in [1.54, 1.807) is 7.11 Å². The summed E-state index contributed by atoms with van der Waals surface area (Å²) < 4.78 is 11.0. The quantitative estimate of drug-likeness (QED) is 0.916. The van der Waals surface area contributed by atoms with Gasteiger partial charge in [-0.25, -0.2) is 0 Å². The van der Waals surface area contributed by atoms with Crippen molar-refractivity contribution >= 4 is 0 Å². The number of rotatable bonds is 5. The molecule has 21 heavy (non-hydrogen) atoms. The van der Waals surface area contributed by atoms with E-state index in [9.17, 15) is 0 Å². The van der Waals surface area contributed by atoms with Gasteiger partial charge in [0, 0.05) is 0 Å². The van der Waals surface area contributed by atoms with Gasteiger partial charge in [0.2, 0.25) is 0 Å². The lowest BCUT2D eigenvalue weighted by Gasteiger charge is -2.14. The molecule has 0 aliphatic heterocycles. The van der Waals surface area contributed by atoms with Crippen molar-refractivity contribution in [1.29, 1.82) is 0 Å². The summed E-state index contributed by atoms with van der Waals surface area (Å²) in [7, 11) is 1.66. The average Bonchev–Trinajstić information content (AvgIpc) is 3.00. The van der Waals surface area contributed by atoms with Crippen LogP contribution in [0.25, 0.3) is 0 Å². The van der Waals surface area contributed by atoms with Crippen molar-refractivity contribution in [2.45, 2.75) is 25.3 Å². The molecule has 110 valence electrons. The highest BCUT2D eigenvalue weighted by atomic mass is 16.5. The smallest absolute Gasteiger partial charge is 0.119 e. The summed E-state index contributed by atoms with van der Waals surface area (Å²) in [5, 5.41) is 0. The molecule has 0 amide bonds. The third-order valence-electron chi connectivity index (χ3n) is 4.04. The van der Waals surface area contributed by atoms with Crippen molar-refractivity contribution in [1.82, 2.24) is 0 Å². The van der Waals surface area contributed by atoms with Crippen LogP contribution >= 0.6 is 0 Å². The summed E-state index contributed by atoms with van der Waals surface area (Å²) in [6.45, 7) is 0.477. The summed E-state index contributed by atoms with van der Waals surface area (Å²) in [6, 6.07) is 14.1. The first-order chi connectivity index (χ1) is 10.3. The zero-order valence-corrected chi connectivity index (χ0v) is 12.3. The van der Waals surface area contributed by atoms with Crippen molar-refractivity contribution in [2.75, 3.05) is 13.7 Å². The van der Waals surface area contributed by atoms with Crippen molar-refractivity contribution in [3.8, 4) is 11.5 Å². The summed E-state index contributed by atoms with van der Waals surface area (Å²) in [5.41, 5.74) is 10.1. The molecular formula is C18H21NO2. The molecular weight excluding hydrogens is 262 g/mol. The van der Waals surface area contributed by atoms with Crippen molar-refractivity contribution in [2.24, 2.45) is 5.73 Å². The summed E-state index contributed by atoms with van der Waals surface area (Å²) >= 11 is 0. The van der Waals surface area contributed by atoms with Gasteiger partial charge in [-0.15, -0.1) is 0 Å². The number of aryl methyl sites for hydroxylation is 2. The van der Waals surface area contributed by atoms with Crippen LogP contribution in [0.15, 0.2) is 42.5 Å². The number of nitrogens with two attached hydrogens (primary N) is 1. The maximum Gasteiger partial charge on any atom is 0.119 e. The van der Waals surface area contributed by atoms with Gasteiger partial charge in [-0.05, 0) is 60.2 Å². The standard InChI is InChI=1S/C18H21NO2/c1-20-16-8-6-14(7-9-16)18(19)12-21-17-10-5-13-3-2-4-15(13)11-17/h5-11,18H,2-4,12,19H2,1H3. The SMILES string of the molecule is COc1ccc(C(N)COc2ccc3c(c2)CCC3)cc1. The van der Waals surface area contributed by atoms with Gasteiger partial charge >= 0.3 is 0 Å². The van der Waals surface area contributed by atoms with Gasteiger partial charge in [0.05, 0.1) is 13.2 Å². The predicted molar refractivity (Wildman–Crippen MR) is 83.9 cm³/mol. The van der Waals surface area contributed by atoms with Gasteiger partial charge in [-0.3, -0.25) is 0 Å². The Morgan fingerprint density at radius 3 is 2.48 bits per heavy atom. The van der Waals surface area contributed by atoms with Crippen LogP contribution in [0.3, 0.4) is 0 Å². The minimum atomic E-state index is -0.135. The van der Waals surface area contributed by atoms with E-state index in [4.69, 9.17) is 15.2 Å². The highest BCUT2D eigenvalue weighted by Crippen LogP contribution is 2.26. The molecule has 0 fully saturated rings. The Kier molecular flexibility index (Phi) is 4.11. The molecule has 2 N–H and O–H groups in total. The van der Waals surface area contributed by atoms with Crippen LogP contribution in [0.2, 0.25) is 0 Å². The Bertz CT molecular complexity index is 607. The Morgan fingerprint density at radius 2 is 1.71 bits per heavy atom. The molecule has 0 saturated carbocycles. The highest BCUT2D eigenvalue weighted by Gasteiger charge is 2.12. The van der Waals surface area contributed by atoms with Crippen LogP contribution in [0.5, 0.6) is 11.5 Å². The number of hydrogen-bond donors (Lipinski definition) is 1. The molecule has 0 aromatic heterocycles. The molecule has 1 aliphatic rings. The molecule has 1 unspecified atom stereocenters. The Morgan fingerprint density at radius 1 is 1.00 bits per heavy atom. The van der Waals surface area contributed by atoms with E-state index in [0.717, 1.165) is 23.5 Å².